The summed E-state index contributed by atoms with van der Waals surface area (Å²) in [6.07, 6.45) is 1.08. The van der Waals surface area contributed by atoms with Crippen LogP contribution in [0.4, 0.5) is 0 Å². The van der Waals surface area contributed by atoms with E-state index in [1.165, 1.54) is 12.7 Å². The summed E-state index contributed by atoms with van der Waals surface area (Å²) >= 11 is 0. The molecule has 1 unspecified atom stereocenters. The molecule has 0 bridgehead atoms. The molecule has 30 heavy (non-hydrogen) atoms. The Kier molecular flexibility index (Phi) is 7.27. The van der Waals surface area contributed by atoms with Crippen LogP contribution in [0, 0.1) is 0 Å². The molecule has 7 heteroatoms. The van der Waals surface area contributed by atoms with E-state index in [9.17, 15) is 5.11 Å². The van der Waals surface area contributed by atoms with E-state index in [0.717, 1.165) is 35.6 Å². The van der Waals surface area contributed by atoms with Crippen LogP contribution < -0.4 is 24.8 Å². The molecular formula is C23H31N3O4. The van der Waals surface area contributed by atoms with Crippen molar-refractivity contribution in [3.05, 3.63) is 47.0 Å². The van der Waals surface area contributed by atoms with Crippen molar-refractivity contribution in [2.75, 3.05) is 20.3 Å². The second kappa shape index (κ2) is 10.1. The van der Waals surface area contributed by atoms with Gasteiger partial charge in [-0.05, 0) is 39.0 Å². The van der Waals surface area contributed by atoms with Crippen molar-refractivity contribution in [3.63, 3.8) is 0 Å². The first kappa shape index (κ1) is 21.6. The first-order chi connectivity index (χ1) is 14.5. The van der Waals surface area contributed by atoms with Gasteiger partial charge < -0.3 is 30.0 Å². The van der Waals surface area contributed by atoms with Crippen LogP contribution in [0.3, 0.4) is 0 Å². The number of methoxy groups -OCH3 is 1. The minimum absolute atomic E-state index is 0.131. The third-order valence-electron chi connectivity index (χ3n) is 4.88. The largest absolute Gasteiger partial charge is 0.504 e. The summed E-state index contributed by atoms with van der Waals surface area (Å²) in [4.78, 5) is 4.70. The molecular weight excluding hydrogens is 382 g/mol. The zero-order valence-electron chi connectivity index (χ0n) is 18.1. The van der Waals surface area contributed by atoms with Crippen molar-refractivity contribution in [2.24, 2.45) is 4.99 Å². The number of hydrogen-bond donors (Lipinski definition) is 3. The number of para-hydroxylation sites is 1. The van der Waals surface area contributed by atoms with Crippen LogP contribution in [0.2, 0.25) is 0 Å². The van der Waals surface area contributed by atoms with E-state index in [1.807, 2.05) is 32.0 Å². The van der Waals surface area contributed by atoms with Gasteiger partial charge in [0.15, 0.2) is 17.5 Å². The maximum absolute atomic E-state index is 10.3. The fraction of sp³-hybridized carbons (Fsp3) is 0.435. The van der Waals surface area contributed by atoms with E-state index < -0.39 is 0 Å². The van der Waals surface area contributed by atoms with Gasteiger partial charge in [0, 0.05) is 36.2 Å². The zero-order chi connectivity index (χ0) is 21.5. The normalized spacial score (nSPS) is 15.3. The summed E-state index contributed by atoms with van der Waals surface area (Å²) in [5, 5.41) is 16.8. The summed E-state index contributed by atoms with van der Waals surface area (Å²) in [7, 11) is 1.54. The van der Waals surface area contributed by atoms with Crippen LogP contribution in [0.1, 0.15) is 37.5 Å². The summed E-state index contributed by atoms with van der Waals surface area (Å²) in [6.45, 7) is 8.23. The molecule has 0 aliphatic carbocycles. The van der Waals surface area contributed by atoms with Gasteiger partial charge >= 0.3 is 0 Å². The van der Waals surface area contributed by atoms with Crippen molar-refractivity contribution in [3.8, 4) is 23.0 Å². The summed E-state index contributed by atoms with van der Waals surface area (Å²) in [6, 6.07) is 9.52. The molecule has 0 spiro atoms. The number of phenols is 1. The molecule has 1 aliphatic rings. The highest BCUT2D eigenvalue weighted by molar-refractivity contribution is 5.80. The lowest BCUT2D eigenvalue weighted by molar-refractivity contribution is 0.254. The average molecular weight is 414 g/mol. The average Bonchev–Trinajstić information content (AvgIpc) is 3.09. The SMILES string of the molecule is CCNC(=NCc1cc2c(cc1OCC)CC(C)O2)NCc1cccc(OC)c1O. The quantitative estimate of drug-likeness (QED) is 0.455. The van der Waals surface area contributed by atoms with Gasteiger partial charge in [-0.25, -0.2) is 4.99 Å². The van der Waals surface area contributed by atoms with Gasteiger partial charge in [-0.2, -0.15) is 0 Å². The van der Waals surface area contributed by atoms with Crippen LogP contribution in [0.25, 0.3) is 0 Å². The summed E-state index contributed by atoms with van der Waals surface area (Å²) in [5.74, 6) is 2.99. The molecule has 7 nitrogen and oxygen atoms in total. The van der Waals surface area contributed by atoms with Crippen molar-refractivity contribution in [1.82, 2.24) is 10.6 Å². The molecule has 2 aromatic rings. The van der Waals surface area contributed by atoms with Gasteiger partial charge in [-0.15, -0.1) is 0 Å². The summed E-state index contributed by atoms with van der Waals surface area (Å²) < 4.78 is 16.9. The molecule has 0 fully saturated rings. The van der Waals surface area contributed by atoms with Gasteiger partial charge in [0.05, 0.1) is 20.3 Å². The lowest BCUT2D eigenvalue weighted by atomic mass is 10.1. The van der Waals surface area contributed by atoms with Crippen molar-refractivity contribution in [2.45, 2.75) is 46.4 Å². The molecule has 0 saturated heterocycles. The number of nitrogens with zero attached hydrogens (tertiary/aromatic N) is 1. The second-order valence-electron chi connectivity index (χ2n) is 7.15. The van der Waals surface area contributed by atoms with Gasteiger partial charge in [0.25, 0.3) is 0 Å². The zero-order valence-corrected chi connectivity index (χ0v) is 18.1. The van der Waals surface area contributed by atoms with Crippen LogP contribution in [-0.2, 0) is 19.5 Å². The maximum Gasteiger partial charge on any atom is 0.191 e. The number of phenolic OH excluding ortho intramolecular Hbond substituents is 1. The van der Waals surface area contributed by atoms with E-state index in [0.29, 0.717) is 31.4 Å². The molecule has 1 aliphatic heterocycles. The van der Waals surface area contributed by atoms with E-state index >= 15 is 0 Å². The molecule has 0 aromatic heterocycles. The highest BCUT2D eigenvalue weighted by Crippen LogP contribution is 2.35. The molecule has 3 rings (SSSR count). The Bertz CT molecular complexity index is 898. The third-order valence-corrected chi connectivity index (χ3v) is 4.88. The van der Waals surface area contributed by atoms with E-state index in [-0.39, 0.29) is 11.9 Å². The number of fused-ring (bicyclic) bond motifs is 1. The minimum Gasteiger partial charge on any atom is -0.504 e. The fourth-order valence-electron chi connectivity index (χ4n) is 3.45. The number of ether oxygens (including phenoxy) is 3. The Balaban J connectivity index is 1.76. The van der Waals surface area contributed by atoms with Gasteiger partial charge in [0.1, 0.15) is 17.6 Å². The monoisotopic (exact) mass is 413 g/mol. The Hall–Kier alpha value is -3.09. The standard InChI is InChI=1S/C23H31N3O4/c1-5-24-23(25-13-16-8-7-9-19(28-4)22(16)27)26-14-18-12-21-17(10-15(3)30-21)11-20(18)29-6-2/h7-9,11-12,15,27H,5-6,10,13-14H2,1-4H3,(H2,24,25,26). The molecule has 0 radical (unpaired) electrons. The Labute approximate surface area is 178 Å². The van der Waals surface area contributed by atoms with Crippen molar-refractivity contribution < 1.29 is 19.3 Å². The first-order valence-electron chi connectivity index (χ1n) is 10.4. The van der Waals surface area contributed by atoms with Gasteiger partial charge in [-0.3, -0.25) is 0 Å². The summed E-state index contributed by atoms with van der Waals surface area (Å²) in [5.41, 5.74) is 2.89. The Morgan fingerprint density at radius 3 is 2.77 bits per heavy atom. The number of rotatable bonds is 8. The number of aromatic hydroxyl groups is 1. The highest BCUT2D eigenvalue weighted by atomic mass is 16.5. The maximum atomic E-state index is 10.3. The molecule has 0 saturated carbocycles. The smallest absolute Gasteiger partial charge is 0.191 e. The van der Waals surface area contributed by atoms with E-state index in [4.69, 9.17) is 19.2 Å². The van der Waals surface area contributed by atoms with Crippen LogP contribution >= 0.6 is 0 Å². The Morgan fingerprint density at radius 2 is 2.03 bits per heavy atom. The van der Waals surface area contributed by atoms with Gasteiger partial charge in [0.2, 0.25) is 0 Å². The number of hydrogen-bond acceptors (Lipinski definition) is 5. The topological polar surface area (TPSA) is 84.3 Å². The molecule has 1 heterocycles. The lowest BCUT2D eigenvalue weighted by Gasteiger charge is -2.15. The fourth-order valence-corrected chi connectivity index (χ4v) is 3.45. The molecule has 0 amide bonds. The van der Waals surface area contributed by atoms with Crippen molar-refractivity contribution >= 4 is 5.96 Å². The highest BCUT2D eigenvalue weighted by Gasteiger charge is 2.21. The molecule has 2 aromatic carbocycles. The lowest BCUT2D eigenvalue weighted by Crippen LogP contribution is -2.36. The minimum atomic E-state index is 0.131. The van der Waals surface area contributed by atoms with Crippen LogP contribution in [-0.4, -0.2) is 37.4 Å². The first-order valence-corrected chi connectivity index (χ1v) is 10.4. The molecule has 1 atom stereocenters. The van der Waals surface area contributed by atoms with E-state index in [1.54, 1.807) is 6.07 Å². The van der Waals surface area contributed by atoms with Crippen LogP contribution in [0.15, 0.2) is 35.3 Å². The third kappa shape index (κ3) is 5.09. The predicted molar refractivity (Wildman–Crippen MR) is 118 cm³/mol. The molecule has 162 valence electrons. The second-order valence-corrected chi connectivity index (χ2v) is 7.15. The molecule has 3 N–H and O–H groups in total. The van der Waals surface area contributed by atoms with E-state index in [2.05, 4.69) is 23.6 Å². The number of aliphatic imine (C=N–C) groups is 1. The number of benzene rings is 2. The van der Waals surface area contributed by atoms with Crippen molar-refractivity contribution in [1.29, 1.82) is 0 Å². The van der Waals surface area contributed by atoms with Gasteiger partial charge in [-0.1, -0.05) is 12.1 Å². The Morgan fingerprint density at radius 1 is 1.20 bits per heavy atom. The number of nitrogens with one attached hydrogen (secondary N) is 2. The van der Waals surface area contributed by atoms with Crippen LogP contribution in [0.5, 0.6) is 23.0 Å². The number of guanidine groups is 1. The predicted octanol–water partition coefficient (Wildman–Crippen LogP) is 3.38.